The zero-order valence-corrected chi connectivity index (χ0v) is 18.7. The summed E-state index contributed by atoms with van der Waals surface area (Å²) in [6, 6.07) is 3.32. The Bertz CT molecular complexity index is 1520. The van der Waals surface area contributed by atoms with E-state index in [0.717, 1.165) is 0 Å². The van der Waals surface area contributed by atoms with Crippen LogP contribution in [0.25, 0.3) is 33.2 Å². The summed E-state index contributed by atoms with van der Waals surface area (Å²) in [7, 11) is 0. The number of amides is 1. The van der Waals surface area contributed by atoms with Gasteiger partial charge >= 0.3 is 5.69 Å². The van der Waals surface area contributed by atoms with Gasteiger partial charge in [0, 0.05) is 43.3 Å². The normalized spacial score (nSPS) is 15.7. The molecule has 1 saturated heterocycles. The number of H-pyrrole nitrogens is 1. The SMILES string of the molecule is Cc1ncc(-c2ccc3ncc4c(=O)[nH]c(=O)n(C5CCN(C(=O)C(C)O)CC5)c4c3n2)cn1. The second-order valence-electron chi connectivity index (χ2n) is 8.47. The molecule has 2 N–H and O–H groups in total. The van der Waals surface area contributed by atoms with Crippen LogP contribution in [0.4, 0.5) is 0 Å². The summed E-state index contributed by atoms with van der Waals surface area (Å²) in [6.07, 6.45) is 4.71. The highest BCUT2D eigenvalue weighted by Crippen LogP contribution is 2.28. The fourth-order valence-corrected chi connectivity index (χ4v) is 4.43. The number of aliphatic hydroxyl groups is 1. The first-order chi connectivity index (χ1) is 16.3. The molecule has 1 aliphatic rings. The van der Waals surface area contributed by atoms with Crippen molar-refractivity contribution in [3.05, 3.63) is 57.4 Å². The van der Waals surface area contributed by atoms with Crippen molar-refractivity contribution < 1.29 is 9.90 Å². The van der Waals surface area contributed by atoms with E-state index in [1.54, 1.807) is 40.9 Å². The van der Waals surface area contributed by atoms with E-state index in [-0.39, 0.29) is 17.3 Å². The minimum Gasteiger partial charge on any atom is -0.384 e. The van der Waals surface area contributed by atoms with E-state index < -0.39 is 17.4 Å². The van der Waals surface area contributed by atoms with Gasteiger partial charge in [-0.1, -0.05) is 0 Å². The molecule has 1 fully saturated rings. The summed E-state index contributed by atoms with van der Waals surface area (Å²) in [5, 5.41) is 9.88. The highest BCUT2D eigenvalue weighted by molar-refractivity contribution is 6.01. The van der Waals surface area contributed by atoms with E-state index in [9.17, 15) is 19.5 Å². The number of rotatable bonds is 3. The Morgan fingerprint density at radius 3 is 2.50 bits per heavy atom. The number of aromatic amines is 1. The van der Waals surface area contributed by atoms with Crippen LogP contribution in [-0.2, 0) is 4.79 Å². The molecule has 1 unspecified atom stereocenters. The molecule has 1 atom stereocenters. The number of aromatic nitrogens is 6. The summed E-state index contributed by atoms with van der Waals surface area (Å²) >= 11 is 0. The second-order valence-corrected chi connectivity index (χ2v) is 8.47. The third-order valence-electron chi connectivity index (χ3n) is 6.19. The Balaban J connectivity index is 1.66. The third kappa shape index (κ3) is 3.73. The lowest BCUT2D eigenvalue weighted by Crippen LogP contribution is -2.45. The van der Waals surface area contributed by atoms with E-state index in [1.807, 2.05) is 0 Å². The summed E-state index contributed by atoms with van der Waals surface area (Å²) in [5.41, 5.74) is 1.63. The number of carbonyl (C=O) groups excluding carboxylic acids is 1. The van der Waals surface area contributed by atoms with Gasteiger partial charge in [-0.05, 0) is 38.8 Å². The van der Waals surface area contributed by atoms with Gasteiger partial charge in [0.1, 0.15) is 17.4 Å². The van der Waals surface area contributed by atoms with Gasteiger partial charge in [-0.3, -0.25) is 24.1 Å². The molecule has 4 aromatic heterocycles. The van der Waals surface area contributed by atoms with Crippen molar-refractivity contribution in [1.29, 1.82) is 0 Å². The maximum Gasteiger partial charge on any atom is 0.329 e. The minimum absolute atomic E-state index is 0.260. The van der Waals surface area contributed by atoms with Gasteiger partial charge in [0.05, 0.1) is 22.1 Å². The monoisotopic (exact) mass is 461 g/mol. The van der Waals surface area contributed by atoms with Crippen LogP contribution in [-0.4, -0.2) is 64.6 Å². The number of hydrogen-bond donors (Lipinski definition) is 2. The number of nitrogens with zero attached hydrogens (tertiary/aromatic N) is 6. The van der Waals surface area contributed by atoms with Gasteiger partial charge in [-0.25, -0.2) is 19.7 Å². The van der Waals surface area contributed by atoms with Gasteiger partial charge in [-0.2, -0.15) is 0 Å². The maximum absolute atomic E-state index is 13.0. The van der Waals surface area contributed by atoms with E-state index in [4.69, 9.17) is 4.98 Å². The number of fused-ring (bicyclic) bond motifs is 3. The topological polar surface area (TPSA) is 147 Å². The number of likely N-dealkylation sites (tertiary alicyclic amines) is 1. The predicted molar refractivity (Wildman–Crippen MR) is 124 cm³/mol. The number of aliphatic hydroxyl groups excluding tert-OH is 1. The van der Waals surface area contributed by atoms with E-state index in [1.165, 1.54) is 13.1 Å². The molecule has 174 valence electrons. The molecule has 34 heavy (non-hydrogen) atoms. The van der Waals surface area contributed by atoms with Gasteiger partial charge in [-0.15, -0.1) is 0 Å². The molecular formula is C23H23N7O4. The second kappa shape index (κ2) is 8.41. The molecule has 1 aliphatic heterocycles. The van der Waals surface area contributed by atoms with Crippen LogP contribution in [0.1, 0.15) is 31.6 Å². The predicted octanol–water partition coefficient (Wildman–Crippen LogP) is 0.943. The molecule has 0 spiro atoms. The van der Waals surface area contributed by atoms with Gasteiger partial charge in [0.2, 0.25) is 0 Å². The van der Waals surface area contributed by atoms with Crippen molar-refractivity contribution >= 4 is 27.8 Å². The number of piperidine rings is 1. The maximum atomic E-state index is 13.0. The van der Waals surface area contributed by atoms with Crippen LogP contribution in [0.3, 0.4) is 0 Å². The lowest BCUT2D eigenvalue weighted by Gasteiger charge is -2.34. The van der Waals surface area contributed by atoms with E-state index in [0.29, 0.717) is 59.6 Å². The highest BCUT2D eigenvalue weighted by atomic mass is 16.3. The highest BCUT2D eigenvalue weighted by Gasteiger charge is 2.28. The Hall–Kier alpha value is -3.99. The van der Waals surface area contributed by atoms with Crippen molar-refractivity contribution in [3.8, 4) is 11.3 Å². The smallest absolute Gasteiger partial charge is 0.329 e. The number of aryl methyl sites for hydroxylation is 1. The van der Waals surface area contributed by atoms with Crippen LogP contribution in [0, 0.1) is 6.92 Å². The van der Waals surface area contributed by atoms with Crippen molar-refractivity contribution in [2.75, 3.05) is 13.1 Å². The molecule has 11 nitrogen and oxygen atoms in total. The molecule has 0 bridgehead atoms. The van der Waals surface area contributed by atoms with E-state index >= 15 is 0 Å². The summed E-state index contributed by atoms with van der Waals surface area (Å²) in [4.78, 5) is 59.4. The lowest BCUT2D eigenvalue weighted by molar-refractivity contribution is -0.140. The van der Waals surface area contributed by atoms with E-state index in [2.05, 4.69) is 19.9 Å². The van der Waals surface area contributed by atoms with Gasteiger partial charge in [0.25, 0.3) is 11.5 Å². The Morgan fingerprint density at radius 1 is 1.12 bits per heavy atom. The molecule has 1 amide bonds. The fraction of sp³-hybridized carbons (Fsp3) is 0.348. The Morgan fingerprint density at radius 2 is 1.82 bits per heavy atom. The van der Waals surface area contributed by atoms with Crippen LogP contribution < -0.4 is 11.2 Å². The molecular weight excluding hydrogens is 438 g/mol. The van der Waals surface area contributed by atoms with Crippen LogP contribution in [0.2, 0.25) is 0 Å². The first-order valence-electron chi connectivity index (χ1n) is 11.0. The average Bonchev–Trinajstić information content (AvgIpc) is 2.84. The van der Waals surface area contributed by atoms with Crippen molar-refractivity contribution in [1.82, 2.24) is 34.4 Å². The number of carbonyl (C=O) groups is 1. The number of pyridine rings is 2. The van der Waals surface area contributed by atoms with Crippen molar-refractivity contribution in [2.45, 2.75) is 38.8 Å². The molecule has 11 heteroatoms. The molecule has 5 heterocycles. The summed E-state index contributed by atoms with van der Waals surface area (Å²) in [5.74, 6) is 0.302. The van der Waals surface area contributed by atoms with Crippen LogP contribution in [0.15, 0.2) is 40.3 Å². The largest absolute Gasteiger partial charge is 0.384 e. The molecule has 5 rings (SSSR count). The quantitative estimate of drug-likeness (QED) is 0.429. The third-order valence-corrected chi connectivity index (χ3v) is 6.19. The Kier molecular flexibility index (Phi) is 5.40. The summed E-state index contributed by atoms with van der Waals surface area (Å²) < 4.78 is 1.56. The van der Waals surface area contributed by atoms with Crippen LogP contribution >= 0.6 is 0 Å². The fourth-order valence-electron chi connectivity index (χ4n) is 4.43. The number of nitrogens with one attached hydrogen (secondary N) is 1. The summed E-state index contributed by atoms with van der Waals surface area (Å²) in [6.45, 7) is 4.02. The average molecular weight is 461 g/mol. The zero-order valence-electron chi connectivity index (χ0n) is 18.7. The minimum atomic E-state index is -1.07. The first-order valence-corrected chi connectivity index (χ1v) is 11.0. The first kappa shape index (κ1) is 21.8. The molecule has 0 aromatic carbocycles. The van der Waals surface area contributed by atoms with Gasteiger partial charge in [0.15, 0.2) is 0 Å². The molecule has 4 aromatic rings. The number of hydrogen-bond acceptors (Lipinski definition) is 8. The zero-order chi connectivity index (χ0) is 24.0. The standard InChI is InChI=1S/C23H23N7O4/c1-12(31)22(33)29-7-5-15(6-8-29)30-20-16(21(32)28-23(30)34)11-26-18-4-3-17(27-19(18)20)14-9-24-13(2)25-10-14/h3-4,9-12,15,31H,5-8H2,1-2H3,(H,28,32,34). The van der Waals surface area contributed by atoms with Crippen molar-refractivity contribution in [3.63, 3.8) is 0 Å². The Labute approximate surface area is 193 Å². The molecule has 0 radical (unpaired) electrons. The van der Waals surface area contributed by atoms with Gasteiger partial charge < -0.3 is 10.0 Å². The lowest BCUT2D eigenvalue weighted by atomic mass is 10.0. The van der Waals surface area contributed by atoms with Crippen molar-refractivity contribution in [2.24, 2.45) is 0 Å². The molecule has 0 saturated carbocycles. The van der Waals surface area contributed by atoms with Crippen LogP contribution in [0.5, 0.6) is 0 Å². The molecule has 0 aliphatic carbocycles.